The first kappa shape index (κ1) is 26.3. The van der Waals surface area contributed by atoms with Gasteiger partial charge in [-0.05, 0) is 39.6 Å². The zero-order chi connectivity index (χ0) is 28.5. The van der Waals surface area contributed by atoms with E-state index in [-0.39, 0.29) is 36.7 Å². The van der Waals surface area contributed by atoms with E-state index in [0.29, 0.717) is 18.7 Å². The van der Waals surface area contributed by atoms with E-state index < -0.39 is 12.2 Å². The second-order valence-electron chi connectivity index (χ2n) is 10.4. The first-order chi connectivity index (χ1) is 19.9. The van der Waals surface area contributed by atoms with Crippen LogP contribution in [0, 0.1) is 0 Å². The lowest BCUT2D eigenvalue weighted by molar-refractivity contribution is -0.188. The summed E-state index contributed by atoms with van der Waals surface area (Å²) in [6, 6.07) is 28.6. The van der Waals surface area contributed by atoms with E-state index in [0.717, 1.165) is 21.9 Å². The summed E-state index contributed by atoms with van der Waals surface area (Å²) in [4.78, 5) is 44.6. The zero-order valence-corrected chi connectivity index (χ0v) is 22.7. The highest BCUT2D eigenvalue weighted by Crippen LogP contribution is 2.36. The normalized spacial score (nSPS) is 19.4. The maximum atomic E-state index is 14.2. The lowest BCUT2D eigenvalue weighted by Gasteiger charge is -2.54. The molecule has 2 aliphatic rings. The van der Waals surface area contributed by atoms with Crippen molar-refractivity contribution < 1.29 is 19.5 Å². The average Bonchev–Trinajstić information content (AvgIpc) is 2.98. The summed E-state index contributed by atoms with van der Waals surface area (Å²) in [5, 5.41) is 18.2. The molecule has 9 heteroatoms. The molecule has 0 radical (unpaired) electrons. The smallest absolute Gasteiger partial charge is 0.334 e. The van der Waals surface area contributed by atoms with Crippen LogP contribution in [0.3, 0.4) is 0 Å². The van der Waals surface area contributed by atoms with Gasteiger partial charge in [-0.2, -0.15) is 0 Å². The number of hydrazine groups is 1. The Morgan fingerprint density at radius 3 is 2.39 bits per heavy atom. The number of carbonyl (C=O) groups excluding carboxylic acids is 3. The highest BCUT2D eigenvalue weighted by atomic mass is 16.3. The van der Waals surface area contributed by atoms with Crippen LogP contribution in [0.25, 0.3) is 10.8 Å². The van der Waals surface area contributed by atoms with Gasteiger partial charge in [0, 0.05) is 20.1 Å². The van der Waals surface area contributed by atoms with E-state index in [1.54, 1.807) is 34.1 Å². The third kappa shape index (κ3) is 5.07. The van der Waals surface area contributed by atoms with Crippen LogP contribution in [0.2, 0.25) is 0 Å². The number of benzene rings is 4. The number of nitrogens with zero attached hydrogens (tertiary/aromatic N) is 4. The number of phenolic OH excluding ortho intramolecular Hbond substituents is 1. The van der Waals surface area contributed by atoms with Gasteiger partial charge in [0.1, 0.15) is 18.0 Å². The van der Waals surface area contributed by atoms with E-state index in [4.69, 9.17) is 0 Å². The minimum atomic E-state index is -0.949. The summed E-state index contributed by atoms with van der Waals surface area (Å²) in [6.07, 6.45) is -0.733. The molecule has 2 atom stereocenters. The molecule has 0 bridgehead atoms. The van der Waals surface area contributed by atoms with Gasteiger partial charge in [-0.25, -0.2) is 14.8 Å². The number of hydrogen-bond donors (Lipinski definition) is 2. The Labute approximate surface area is 238 Å². The van der Waals surface area contributed by atoms with Crippen molar-refractivity contribution in [3.05, 3.63) is 114 Å². The van der Waals surface area contributed by atoms with Gasteiger partial charge < -0.3 is 20.2 Å². The van der Waals surface area contributed by atoms with Gasteiger partial charge in [0.15, 0.2) is 0 Å². The second-order valence-corrected chi connectivity index (χ2v) is 10.4. The molecule has 9 nitrogen and oxygen atoms in total. The molecule has 0 spiro atoms. The Bertz CT molecular complexity index is 1590. The van der Waals surface area contributed by atoms with Crippen molar-refractivity contribution in [1.82, 2.24) is 25.1 Å². The van der Waals surface area contributed by atoms with Crippen molar-refractivity contribution in [2.75, 3.05) is 20.1 Å². The van der Waals surface area contributed by atoms with Crippen LogP contribution in [0.4, 0.5) is 4.79 Å². The molecule has 0 aliphatic carbocycles. The average molecular weight is 550 g/mol. The molecule has 6 rings (SSSR count). The predicted molar refractivity (Wildman–Crippen MR) is 154 cm³/mol. The molecule has 0 aromatic heterocycles. The molecule has 2 N–H and O–H groups in total. The Balaban J connectivity index is 1.37. The van der Waals surface area contributed by atoms with E-state index in [1.807, 2.05) is 72.8 Å². The molecular formula is C32H31N5O4. The predicted octanol–water partition coefficient (Wildman–Crippen LogP) is 3.86. The Morgan fingerprint density at radius 1 is 0.902 bits per heavy atom. The summed E-state index contributed by atoms with van der Waals surface area (Å²) in [5.74, 6) is -0.420. The Morgan fingerprint density at radius 2 is 1.61 bits per heavy atom. The number of piperazine rings is 1. The third-order valence-corrected chi connectivity index (χ3v) is 7.78. The maximum Gasteiger partial charge on any atom is 0.334 e. The number of aromatic hydroxyl groups is 1. The zero-order valence-electron chi connectivity index (χ0n) is 22.7. The van der Waals surface area contributed by atoms with Gasteiger partial charge in [-0.1, -0.05) is 84.9 Å². The van der Waals surface area contributed by atoms with Gasteiger partial charge >= 0.3 is 6.03 Å². The van der Waals surface area contributed by atoms with Crippen LogP contribution < -0.4 is 5.32 Å². The molecule has 0 saturated carbocycles. The largest absolute Gasteiger partial charge is 0.508 e. The van der Waals surface area contributed by atoms with Gasteiger partial charge in [0.05, 0.1) is 13.1 Å². The second kappa shape index (κ2) is 10.9. The van der Waals surface area contributed by atoms with Gasteiger partial charge in [0.2, 0.25) is 5.91 Å². The van der Waals surface area contributed by atoms with Crippen molar-refractivity contribution in [2.24, 2.45) is 0 Å². The summed E-state index contributed by atoms with van der Waals surface area (Å²) in [5.41, 5.74) is 2.50. The number of likely N-dealkylation sites (N-methyl/N-ethyl adjacent to an activating group) is 1. The van der Waals surface area contributed by atoms with Crippen LogP contribution in [-0.4, -0.2) is 69.1 Å². The highest BCUT2D eigenvalue weighted by molar-refractivity contribution is 5.93. The van der Waals surface area contributed by atoms with E-state index in [2.05, 4.69) is 5.32 Å². The monoisotopic (exact) mass is 549 g/mol. The standard InChI is InChI=1S/C32H31N5O4/c1-34-21-29(39)36-28(37(34)32(41)33-18-22-8-3-2-4-9-22)20-35(31(40)30(36)24-14-16-26(38)17-15-24)19-25-12-7-11-23-10-5-6-13-27(23)25/h2-17,28,30,38H,18-21H2,1H3,(H,33,41)/t28-,30-/m1/s1. The molecule has 208 valence electrons. The summed E-state index contributed by atoms with van der Waals surface area (Å²) >= 11 is 0. The Hall–Kier alpha value is -4.89. The fourth-order valence-corrected chi connectivity index (χ4v) is 5.81. The fourth-order valence-electron chi connectivity index (χ4n) is 5.81. The minimum absolute atomic E-state index is 0.0551. The van der Waals surface area contributed by atoms with Crippen LogP contribution in [-0.2, 0) is 22.7 Å². The molecule has 2 saturated heterocycles. The third-order valence-electron chi connectivity index (χ3n) is 7.78. The van der Waals surface area contributed by atoms with E-state index in [1.165, 1.54) is 17.0 Å². The quantitative estimate of drug-likeness (QED) is 0.394. The summed E-state index contributed by atoms with van der Waals surface area (Å²) in [6.45, 7) is 0.729. The highest BCUT2D eigenvalue weighted by Gasteiger charge is 2.51. The van der Waals surface area contributed by atoms with Crippen molar-refractivity contribution >= 4 is 28.6 Å². The summed E-state index contributed by atoms with van der Waals surface area (Å²) in [7, 11) is 1.71. The van der Waals surface area contributed by atoms with Gasteiger partial charge in [-0.15, -0.1) is 0 Å². The minimum Gasteiger partial charge on any atom is -0.508 e. The van der Waals surface area contributed by atoms with Crippen LogP contribution in [0.5, 0.6) is 5.75 Å². The van der Waals surface area contributed by atoms with Crippen LogP contribution in [0.1, 0.15) is 22.7 Å². The number of hydrogen-bond acceptors (Lipinski definition) is 5. The van der Waals surface area contributed by atoms with Crippen molar-refractivity contribution in [3.63, 3.8) is 0 Å². The number of amides is 4. The van der Waals surface area contributed by atoms with Crippen LogP contribution >= 0.6 is 0 Å². The number of nitrogens with one attached hydrogen (secondary N) is 1. The first-order valence-corrected chi connectivity index (χ1v) is 13.6. The molecular weight excluding hydrogens is 518 g/mol. The van der Waals surface area contributed by atoms with Crippen molar-refractivity contribution in [2.45, 2.75) is 25.3 Å². The number of phenols is 1. The van der Waals surface area contributed by atoms with Crippen LogP contribution in [0.15, 0.2) is 97.1 Å². The molecule has 41 heavy (non-hydrogen) atoms. The molecule has 0 unspecified atom stereocenters. The number of rotatable bonds is 5. The molecule has 4 aromatic rings. The van der Waals surface area contributed by atoms with Crippen molar-refractivity contribution in [1.29, 1.82) is 0 Å². The summed E-state index contributed by atoms with van der Waals surface area (Å²) < 4.78 is 0. The lowest BCUT2D eigenvalue weighted by Crippen LogP contribution is -2.73. The molecule has 4 aromatic carbocycles. The number of urea groups is 1. The fraction of sp³-hybridized carbons (Fsp3) is 0.219. The molecule has 2 fully saturated rings. The molecule has 2 aliphatic heterocycles. The SMILES string of the molecule is CN1CC(=O)N2[C@@H](CN(Cc3cccc4ccccc34)C(=O)[C@H]2c2ccc(O)cc2)N1C(=O)NCc1ccccc1. The molecule has 2 heterocycles. The molecule has 4 amide bonds. The van der Waals surface area contributed by atoms with Gasteiger partial charge in [-0.3, -0.25) is 9.59 Å². The van der Waals surface area contributed by atoms with Crippen molar-refractivity contribution in [3.8, 4) is 5.75 Å². The Kier molecular flexibility index (Phi) is 7.03. The lowest BCUT2D eigenvalue weighted by atomic mass is 9.97. The first-order valence-electron chi connectivity index (χ1n) is 13.6. The van der Waals surface area contributed by atoms with E-state index >= 15 is 0 Å². The number of carbonyl (C=O) groups is 3. The maximum absolute atomic E-state index is 14.2. The van der Waals surface area contributed by atoms with E-state index in [9.17, 15) is 19.5 Å². The number of fused-ring (bicyclic) bond motifs is 2. The van der Waals surface area contributed by atoms with Gasteiger partial charge in [0.25, 0.3) is 5.91 Å². The topological polar surface area (TPSA) is 96.4 Å².